The van der Waals surface area contributed by atoms with E-state index in [1.54, 1.807) is 24.3 Å². The summed E-state index contributed by atoms with van der Waals surface area (Å²) < 4.78 is 36.9. The second kappa shape index (κ2) is 6.89. The summed E-state index contributed by atoms with van der Waals surface area (Å²) in [4.78, 5) is 12.0. The highest BCUT2D eigenvalue weighted by Gasteiger charge is 2.18. The summed E-state index contributed by atoms with van der Waals surface area (Å²) in [5, 5.41) is 2.35. The van der Waals surface area contributed by atoms with Crippen LogP contribution in [0.4, 0.5) is 14.5 Å². The Morgan fingerprint density at radius 3 is 2.45 bits per heavy atom. The van der Waals surface area contributed by atoms with Crippen LogP contribution in [-0.4, -0.2) is 19.1 Å². The Hall–Kier alpha value is -2.63. The van der Waals surface area contributed by atoms with Gasteiger partial charge < -0.3 is 14.8 Å². The molecule has 0 saturated carbocycles. The van der Waals surface area contributed by atoms with Crippen LogP contribution >= 0.6 is 0 Å². The Bertz CT molecular complexity index is 676. The second-order valence-electron chi connectivity index (χ2n) is 4.52. The molecule has 0 saturated heterocycles. The van der Waals surface area contributed by atoms with E-state index in [-0.39, 0.29) is 5.69 Å². The summed E-state index contributed by atoms with van der Waals surface area (Å²) in [6, 6.07) is 9.76. The minimum Gasteiger partial charge on any atom is -0.493 e. The fourth-order valence-electron chi connectivity index (χ4n) is 1.79. The van der Waals surface area contributed by atoms with Crippen LogP contribution in [0.5, 0.6) is 11.5 Å². The summed E-state index contributed by atoms with van der Waals surface area (Å²) in [5.41, 5.74) is -0.109. The van der Waals surface area contributed by atoms with Crippen LogP contribution < -0.4 is 14.8 Å². The molecule has 1 atom stereocenters. The molecule has 0 fully saturated rings. The first-order valence-corrected chi connectivity index (χ1v) is 6.57. The van der Waals surface area contributed by atoms with Crippen molar-refractivity contribution in [1.82, 2.24) is 0 Å². The molecule has 2 aromatic carbocycles. The molecule has 0 heterocycles. The molecule has 0 unspecified atom stereocenters. The van der Waals surface area contributed by atoms with E-state index >= 15 is 0 Å². The number of anilines is 1. The van der Waals surface area contributed by atoms with Gasteiger partial charge in [-0.05, 0) is 31.2 Å². The number of halogens is 2. The number of amides is 1. The lowest BCUT2D eigenvalue weighted by molar-refractivity contribution is -0.122. The molecule has 0 radical (unpaired) electrons. The SMILES string of the molecule is COc1ccccc1O[C@@H](C)C(=O)Nc1ccc(F)cc1F. The van der Waals surface area contributed by atoms with Crippen LogP contribution in [0.3, 0.4) is 0 Å². The van der Waals surface area contributed by atoms with Crippen molar-refractivity contribution in [2.24, 2.45) is 0 Å². The Kier molecular flexibility index (Phi) is 4.93. The van der Waals surface area contributed by atoms with Gasteiger partial charge in [0.25, 0.3) is 5.91 Å². The number of nitrogens with one attached hydrogen (secondary N) is 1. The van der Waals surface area contributed by atoms with Gasteiger partial charge in [0.05, 0.1) is 12.8 Å². The van der Waals surface area contributed by atoms with Gasteiger partial charge >= 0.3 is 0 Å². The number of carbonyl (C=O) groups excluding carboxylic acids is 1. The third-order valence-corrected chi connectivity index (χ3v) is 2.93. The number of hydrogen-bond acceptors (Lipinski definition) is 3. The molecular weight excluding hydrogens is 292 g/mol. The van der Waals surface area contributed by atoms with Crippen molar-refractivity contribution in [2.75, 3.05) is 12.4 Å². The normalized spacial score (nSPS) is 11.6. The quantitative estimate of drug-likeness (QED) is 0.921. The summed E-state index contributed by atoms with van der Waals surface area (Å²) in [6.07, 6.45) is -0.888. The van der Waals surface area contributed by atoms with Crippen molar-refractivity contribution >= 4 is 11.6 Å². The number of ether oxygens (including phenoxy) is 2. The number of rotatable bonds is 5. The van der Waals surface area contributed by atoms with E-state index < -0.39 is 23.6 Å². The first kappa shape index (κ1) is 15.8. The minimum absolute atomic E-state index is 0.109. The van der Waals surface area contributed by atoms with Gasteiger partial charge in [0.15, 0.2) is 17.6 Å². The van der Waals surface area contributed by atoms with Crippen LogP contribution in [-0.2, 0) is 4.79 Å². The zero-order valence-electron chi connectivity index (χ0n) is 12.1. The molecular formula is C16H15F2NO3. The maximum Gasteiger partial charge on any atom is 0.265 e. The molecule has 2 rings (SSSR count). The lowest BCUT2D eigenvalue weighted by Crippen LogP contribution is -2.30. The standard InChI is InChI=1S/C16H15F2NO3/c1-10(22-15-6-4-3-5-14(15)21-2)16(20)19-13-8-7-11(17)9-12(13)18/h3-10H,1-2H3,(H,19,20)/t10-/m0/s1. The molecule has 0 aliphatic heterocycles. The van der Waals surface area contributed by atoms with E-state index in [1.807, 2.05) is 0 Å². The van der Waals surface area contributed by atoms with E-state index in [0.717, 1.165) is 12.1 Å². The van der Waals surface area contributed by atoms with E-state index in [0.29, 0.717) is 17.6 Å². The van der Waals surface area contributed by atoms with Crippen LogP contribution in [0.25, 0.3) is 0 Å². The summed E-state index contributed by atoms with van der Waals surface area (Å²) >= 11 is 0. The molecule has 2 aromatic rings. The fraction of sp³-hybridized carbons (Fsp3) is 0.188. The van der Waals surface area contributed by atoms with Crippen LogP contribution in [0.15, 0.2) is 42.5 Å². The number of carbonyl (C=O) groups is 1. The first-order valence-electron chi connectivity index (χ1n) is 6.57. The van der Waals surface area contributed by atoms with Gasteiger partial charge in [0.1, 0.15) is 11.6 Å². The van der Waals surface area contributed by atoms with E-state index in [4.69, 9.17) is 9.47 Å². The molecule has 0 spiro atoms. The highest BCUT2D eigenvalue weighted by molar-refractivity contribution is 5.94. The van der Waals surface area contributed by atoms with Crippen LogP contribution in [0.2, 0.25) is 0 Å². The molecule has 6 heteroatoms. The average molecular weight is 307 g/mol. The Labute approximate surface area is 126 Å². The number of benzene rings is 2. The van der Waals surface area contributed by atoms with E-state index in [2.05, 4.69) is 5.32 Å². The molecule has 0 bridgehead atoms. The van der Waals surface area contributed by atoms with Gasteiger partial charge in [-0.1, -0.05) is 12.1 Å². The highest BCUT2D eigenvalue weighted by Crippen LogP contribution is 2.27. The summed E-state index contributed by atoms with van der Waals surface area (Å²) in [7, 11) is 1.49. The molecule has 22 heavy (non-hydrogen) atoms. The third kappa shape index (κ3) is 3.72. The predicted molar refractivity (Wildman–Crippen MR) is 78.1 cm³/mol. The fourth-order valence-corrected chi connectivity index (χ4v) is 1.79. The molecule has 0 aliphatic carbocycles. The maximum atomic E-state index is 13.5. The zero-order valence-corrected chi connectivity index (χ0v) is 12.1. The largest absolute Gasteiger partial charge is 0.493 e. The number of para-hydroxylation sites is 2. The number of methoxy groups -OCH3 is 1. The molecule has 0 aromatic heterocycles. The maximum absolute atomic E-state index is 13.5. The average Bonchev–Trinajstić information content (AvgIpc) is 2.50. The topological polar surface area (TPSA) is 47.6 Å². The van der Waals surface area contributed by atoms with Crippen molar-refractivity contribution in [2.45, 2.75) is 13.0 Å². The monoisotopic (exact) mass is 307 g/mol. The first-order chi connectivity index (χ1) is 10.5. The number of hydrogen-bond donors (Lipinski definition) is 1. The van der Waals surface area contributed by atoms with Gasteiger partial charge in [-0.3, -0.25) is 4.79 Å². The van der Waals surface area contributed by atoms with Gasteiger partial charge in [0.2, 0.25) is 0 Å². The van der Waals surface area contributed by atoms with Crippen LogP contribution in [0, 0.1) is 11.6 Å². The van der Waals surface area contributed by atoms with Crippen molar-refractivity contribution in [3.8, 4) is 11.5 Å². The van der Waals surface area contributed by atoms with Gasteiger partial charge in [-0.2, -0.15) is 0 Å². The van der Waals surface area contributed by atoms with Gasteiger partial charge in [-0.25, -0.2) is 8.78 Å². The van der Waals surface area contributed by atoms with Gasteiger partial charge in [-0.15, -0.1) is 0 Å². The highest BCUT2D eigenvalue weighted by atomic mass is 19.1. The molecule has 116 valence electrons. The summed E-state index contributed by atoms with van der Waals surface area (Å²) in [5.74, 6) is -1.24. The lowest BCUT2D eigenvalue weighted by atomic mass is 10.2. The van der Waals surface area contributed by atoms with Crippen molar-refractivity contribution < 1.29 is 23.0 Å². The second-order valence-corrected chi connectivity index (χ2v) is 4.52. The van der Waals surface area contributed by atoms with E-state index in [1.165, 1.54) is 14.0 Å². The van der Waals surface area contributed by atoms with Crippen LogP contribution in [0.1, 0.15) is 6.92 Å². The zero-order chi connectivity index (χ0) is 16.1. The minimum atomic E-state index is -0.888. The molecule has 4 nitrogen and oxygen atoms in total. The Balaban J connectivity index is 2.06. The summed E-state index contributed by atoms with van der Waals surface area (Å²) in [6.45, 7) is 1.52. The molecule has 0 aliphatic rings. The Morgan fingerprint density at radius 2 is 1.82 bits per heavy atom. The lowest BCUT2D eigenvalue weighted by Gasteiger charge is -2.16. The third-order valence-electron chi connectivity index (χ3n) is 2.93. The smallest absolute Gasteiger partial charge is 0.265 e. The van der Waals surface area contributed by atoms with E-state index in [9.17, 15) is 13.6 Å². The Morgan fingerprint density at radius 1 is 1.14 bits per heavy atom. The molecule has 1 N–H and O–H groups in total. The van der Waals surface area contributed by atoms with Crippen molar-refractivity contribution in [1.29, 1.82) is 0 Å². The molecule has 1 amide bonds. The van der Waals surface area contributed by atoms with Crippen molar-refractivity contribution in [3.05, 3.63) is 54.1 Å². The predicted octanol–water partition coefficient (Wildman–Crippen LogP) is 3.38. The van der Waals surface area contributed by atoms with Gasteiger partial charge in [0, 0.05) is 6.07 Å². The van der Waals surface area contributed by atoms with Crippen molar-refractivity contribution in [3.63, 3.8) is 0 Å².